The van der Waals surface area contributed by atoms with Gasteiger partial charge in [-0.25, -0.2) is 13.6 Å². The molecule has 0 aromatic heterocycles. The molecular weight excluding hydrogens is 433 g/mol. The van der Waals surface area contributed by atoms with E-state index in [0.29, 0.717) is 38.2 Å². The molecule has 2 atom stereocenters. The predicted molar refractivity (Wildman–Crippen MR) is 107 cm³/mol. The molecule has 0 saturated carbocycles. The van der Waals surface area contributed by atoms with Crippen molar-refractivity contribution in [1.82, 2.24) is 15.1 Å². The molecule has 3 aliphatic heterocycles. The first-order chi connectivity index (χ1) is 15.1. The van der Waals surface area contributed by atoms with E-state index in [-0.39, 0.29) is 44.1 Å². The molecule has 3 fully saturated rings. The number of hydrogen-bond donors (Lipinski definition) is 1. The quantitative estimate of drug-likeness (QED) is 0.675. The molecule has 3 heterocycles. The van der Waals surface area contributed by atoms with Gasteiger partial charge in [0.25, 0.3) is 5.92 Å². The van der Waals surface area contributed by atoms with Crippen LogP contribution in [0.1, 0.15) is 30.4 Å². The number of benzene rings is 1. The van der Waals surface area contributed by atoms with E-state index in [1.165, 1.54) is 0 Å². The highest BCUT2D eigenvalue weighted by Gasteiger charge is 2.44. The Morgan fingerprint density at radius 3 is 2.19 bits per heavy atom. The number of urea groups is 1. The van der Waals surface area contributed by atoms with E-state index in [4.69, 9.17) is 4.74 Å². The summed E-state index contributed by atoms with van der Waals surface area (Å²) < 4.78 is 73.8. The molecule has 3 aliphatic rings. The SMILES string of the molecule is C=C1CO[C@H]2CCN(C(=O)N3CCC(C(F)(F)c4ccc(C(F)(F)F)cc4)CC3)C[C@H]2N1. The second-order valence-corrected chi connectivity index (χ2v) is 8.68. The number of piperidine rings is 2. The third kappa shape index (κ3) is 4.55. The van der Waals surface area contributed by atoms with Gasteiger partial charge in [0.15, 0.2) is 0 Å². The van der Waals surface area contributed by atoms with Gasteiger partial charge in [-0.15, -0.1) is 0 Å². The lowest BCUT2D eigenvalue weighted by molar-refractivity contribution is -0.137. The Morgan fingerprint density at radius 1 is 0.969 bits per heavy atom. The number of hydrogen-bond acceptors (Lipinski definition) is 3. The average molecular weight is 459 g/mol. The van der Waals surface area contributed by atoms with Crippen molar-refractivity contribution in [3.8, 4) is 0 Å². The summed E-state index contributed by atoms with van der Waals surface area (Å²) in [6.45, 7) is 5.68. The maximum Gasteiger partial charge on any atom is 0.416 e. The van der Waals surface area contributed by atoms with Gasteiger partial charge in [-0.1, -0.05) is 18.7 Å². The third-order valence-electron chi connectivity index (χ3n) is 6.56. The fraction of sp³-hybridized carbons (Fsp3) is 0.591. The first-order valence-corrected chi connectivity index (χ1v) is 10.7. The standard InChI is InChI=1S/C22H26F5N3O2/c1-14-13-32-19-8-11-30(12-18(19)28-14)20(31)29-9-6-16(7-10-29)21(23,24)15-2-4-17(5-3-15)22(25,26)27/h2-5,16,18-19,28H,1,6-13H2/t18-,19+/m1/s1. The van der Waals surface area contributed by atoms with Crippen LogP contribution in [0.4, 0.5) is 26.7 Å². The van der Waals surface area contributed by atoms with Gasteiger partial charge in [0, 0.05) is 43.4 Å². The summed E-state index contributed by atoms with van der Waals surface area (Å²) in [6.07, 6.45) is -3.69. The Balaban J connectivity index is 1.34. The molecule has 0 radical (unpaired) electrons. The van der Waals surface area contributed by atoms with Gasteiger partial charge in [0.1, 0.15) is 0 Å². The van der Waals surface area contributed by atoms with Crippen LogP contribution >= 0.6 is 0 Å². The van der Waals surface area contributed by atoms with E-state index in [9.17, 15) is 26.7 Å². The molecule has 3 saturated heterocycles. The molecular formula is C22H26F5N3O2. The number of alkyl halides is 5. The largest absolute Gasteiger partial charge is 0.416 e. The van der Waals surface area contributed by atoms with Crippen molar-refractivity contribution in [3.05, 3.63) is 47.7 Å². The Kier molecular flexibility index (Phi) is 6.08. The van der Waals surface area contributed by atoms with Gasteiger partial charge in [-0.3, -0.25) is 0 Å². The van der Waals surface area contributed by atoms with Crippen LogP contribution in [0, 0.1) is 5.92 Å². The summed E-state index contributed by atoms with van der Waals surface area (Å²) in [5, 5.41) is 3.26. The summed E-state index contributed by atoms with van der Waals surface area (Å²) in [4.78, 5) is 16.2. The number of fused-ring (bicyclic) bond motifs is 1. The molecule has 0 aliphatic carbocycles. The topological polar surface area (TPSA) is 44.8 Å². The number of halogens is 5. The van der Waals surface area contributed by atoms with E-state index < -0.39 is 29.1 Å². The lowest BCUT2D eigenvalue weighted by Crippen LogP contribution is -2.60. The maximum absolute atomic E-state index is 14.9. The van der Waals surface area contributed by atoms with E-state index >= 15 is 0 Å². The Bertz CT molecular complexity index is 850. The van der Waals surface area contributed by atoms with Crippen LogP contribution in [-0.4, -0.2) is 60.8 Å². The van der Waals surface area contributed by atoms with Crippen LogP contribution in [-0.2, 0) is 16.8 Å². The molecule has 1 aromatic rings. The molecule has 176 valence electrons. The van der Waals surface area contributed by atoms with Gasteiger partial charge >= 0.3 is 12.2 Å². The lowest BCUT2D eigenvalue weighted by atomic mass is 9.86. The Hall–Kier alpha value is -2.36. The number of morpholine rings is 1. The predicted octanol–water partition coefficient (Wildman–Crippen LogP) is 4.21. The number of amides is 2. The van der Waals surface area contributed by atoms with E-state index in [2.05, 4.69) is 11.9 Å². The number of carbonyl (C=O) groups is 1. The van der Waals surface area contributed by atoms with Crippen LogP contribution in [0.3, 0.4) is 0 Å². The average Bonchev–Trinajstić information content (AvgIpc) is 2.77. The number of nitrogens with zero attached hydrogens (tertiary/aromatic N) is 2. The summed E-state index contributed by atoms with van der Waals surface area (Å²) in [7, 11) is 0. The first-order valence-electron chi connectivity index (χ1n) is 10.7. The minimum absolute atomic E-state index is 0.0257. The van der Waals surface area contributed by atoms with Crippen molar-refractivity contribution < 1.29 is 31.5 Å². The molecule has 0 bridgehead atoms. The van der Waals surface area contributed by atoms with Crippen molar-refractivity contribution in [2.75, 3.05) is 32.8 Å². The van der Waals surface area contributed by atoms with E-state index in [1.807, 2.05) is 0 Å². The van der Waals surface area contributed by atoms with Crippen LogP contribution in [0.15, 0.2) is 36.5 Å². The van der Waals surface area contributed by atoms with Crippen molar-refractivity contribution in [3.63, 3.8) is 0 Å². The van der Waals surface area contributed by atoms with Gasteiger partial charge in [-0.2, -0.15) is 13.2 Å². The highest BCUT2D eigenvalue weighted by Crippen LogP contribution is 2.42. The highest BCUT2D eigenvalue weighted by molar-refractivity contribution is 5.74. The zero-order valence-corrected chi connectivity index (χ0v) is 17.5. The van der Waals surface area contributed by atoms with Gasteiger partial charge in [-0.05, 0) is 31.4 Å². The van der Waals surface area contributed by atoms with Crippen LogP contribution in [0.5, 0.6) is 0 Å². The second kappa shape index (κ2) is 8.53. The molecule has 0 spiro atoms. The Labute approximate surface area is 183 Å². The molecule has 5 nitrogen and oxygen atoms in total. The van der Waals surface area contributed by atoms with Crippen molar-refractivity contribution in [2.24, 2.45) is 5.92 Å². The van der Waals surface area contributed by atoms with E-state index in [0.717, 1.165) is 17.8 Å². The molecule has 4 rings (SSSR count). The number of nitrogens with one attached hydrogen (secondary N) is 1. The van der Waals surface area contributed by atoms with Crippen molar-refractivity contribution >= 4 is 6.03 Å². The summed E-state index contributed by atoms with van der Waals surface area (Å²) >= 11 is 0. The first kappa shape index (κ1) is 22.8. The van der Waals surface area contributed by atoms with Crippen molar-refractivity contribution in [2.45, 2.75) is 43.5 Å². The summed E-state index contributed by atoms with van der Waals surface area (Å²) in [6, 6.07) is 2.84. The maximum atomic E-state index is 14.9. The number of carbonyl (C=O) groups excluding carboxylic acids is 1. The fourth-order valence-electron chi connectivity index (χ4n) is 4.70. The normalized spacial score (nSPS) is 25.3. The zero-order valence-electron chi connectivity index (χ0n) is 17.5. The lowest BCUT2D eigenvalue weighted by Gasteiger charge is -2.44. The fourth-order valence-corrected chi connectivity index (χ4v) is 4.70. The smallest absolute Gasteiger partial charge is 0.380 e. The number of ether oxygens (including phenoxy) is 1. The minimum atomic E-state index is -4.57. The molecule has 1 aromatic carbocycles. The van der Waals surface area contributed by atoms with Gasteiger partial charge in [0.2, 0.25) is 0 Å². The summed E-state index contributed by atoms with van der Waals surface area (Å²) in [5.41, 5.74) is -0.615. The third-order valence-corrected chi connectivity index (χ3v) is 6.56. The summed E-state index contributed by atoms with van der Waals surface area (Å²) in [5.74, 6) is -4.30. The van der Waals surface area contributed by atoms with Gasteiger partial charge in [0.05, 0.1) is 24.3 Å². The molecule has 1 N–H and O–H groups in total. The second-order valence-electron chi connectivity index (χ2n) is 8.68. The molecule has 0 unspecified atom stereocenters. The van der Waals surface area contributed by atoms with E-state index in [1.54, 1.807) is 9.80 Å². The molecule has 32 heavy (non-hydrogen) atoms. The number of likely N-dealkylation sites (tertiary alicyclic amines) is 2. The minimum Gasteiger partial charge on any atom is -0.380 e. The monoisotopic (exact) mass is 459 g/mol. The molecule has 10 heteroatoms. The van der Waals surface area contributed by atoms with Crippen LogP contribution < -0.4 is 5.32 Å². The van der Waals surface area contributed by atoms with Crippen molar-refractivity contribution in [1.29, 1.82) is 0 Å². The van der Waals surface area contributed by atoms with Crippen LogP contribution in [0.25, 0.3) is 0 Å². The van der Waals surface area contributed by atoms with Crippen LogP contribution in [0.2, 0.25) is 0 Å². The van der Waals surface area contributed by atoms with Gasteiger partial charge < -0.3 is 19.9 Å². The molecule has 2 amide bonds. The highest BCUT2D eigenvalue weighted by atomic mass is 19.4. The Morgan fingerprint density at radius 2 is 1.56 bits per heavy atom. The zero-order chi connectivity index (χ0) is 23.1. The number of rotatable bonds is 2.